The molecule has 0 aliphatic rings. The highest BCUT2D eigenvalue weighted by Gasteiger charge is 2.27. The zero-order valence-electron chi connectivity index (χ0n) is 15.3. The number of thiophene rings is 1. The molecule has 7 heteroatoms. The first-order valence-corrected chi connectivity index (χ1v) is 12.4. The number of halogens is 1. The van der Waals surface area contributed by atoms with Gasteiger partial charge in [-0.25, -0.2) is 13.1 Å². The van der Waals surface area contributed by atoms with E-state index in [1.807, 2.05) is 0 Å². The molecular formula is C18H32BrNO3S2. The van der Waals surface area contributed by atoms with Crippen molar-refractivity contribution in [3.8, 4) is 0 Å². The lowest BCUT2D eigenvalue weighted by Crippen LogP contribution is -2.42. The highest BCUT2D eigenvalue weighted by molar-refractivity contribution is 9.11. The van der Waals surface area contributed by atoms with Gasteiger partial charge < -0.3 is 5.11 Å². The zero-order chi connectivity index (χ0) is 18.7. The summed E-state index contributed by atoms with van der Waals surface area (Å²) in [5.74, 6) is 0.187. The first-order chi connectivity index (χ1) is 11.9. The first-order valence-electron chi connectivity index (χ1n) is 9.33. The highest BCUT2D eigenvalue weighted by Crippen LogP contribution is 2.28. The van der Waals surface area contributed by atoms with Gasteiger partial charge in [-0.15, -0.1) is 11.3 Å². The Morgan fingerprint density at radius 1 is 1.08 bits per heavy atom. The maximum absolute atomic E-state index is 12.6. The van der Waals surface area contributed by atoms with E-state index >= 15 is 0 Å². The van der Waals surface area contributed by atoms with Crippen molar-refractivity contribution in [2.45, 2.75) is 81.9 Å². The summed E-state index contributed by atoms with van der Waals surface area (Å²) < 4.78 is 29.0. The molecule has 2 atom stereocenters. The number of hydrogen-bond donors (Lipinski definition) is 2. The number of rotatable bonds is 14. The van der Waals surface area contributed by atoms with Crippen LogP contribution in [0, 0.1) is 5.92 Å². The predicted molar refractivity (Wildman–Crippen MR) is 110 cm³/mol. The number of aliphatic hydroxyl groups excluding tert-OH is 1. The van der Waals surface area contributed by atoms with Gasteiger partial charge in [-0.3, -0.25) is 0 Å². The van der Waals surface area contributed by atoms with Gasteiger partial charge in [0.25, 0.3) is 0 Å². The molecule has 0 unspecified atom stereocenters. The second-order valence-corrected chi connectivity index (χ2v) is 11.0. The van der Waals surface area contributed by atoms with Crippen molar-refractivity contribution >= 4 is 37.3 Å². The summed E-state index contributed by atoms with van der Waals surface area (Å²) in [5, 5.41) is 9.84. The van der Waals surface area contributed by atoms with E-state index in [0.717, 1.165) is 42.3 Å². The molecule has 25 heavy (non-hydrogen) atoms. The molecule has 0 aromatic carbocycles. The van der Waals surface area contributed by atoms with Gasteiger partial charge in [-0.2, -0.15) is 0 Å². The summed E-state index contributed by atoms with van der Waals surface area (Å²) in [4.78, 5) is 0. The van der Waals surface area contributed by atoms with E-state index in [1.165, 1.54) is 30.6 Å². The van der Waals surface area contributed by atoms with Crippen molar-refractivity contribution in [3.05, 3.63) is 15.9 Å². The normalized spacial score (nSPS) is 14.6. The van der Waals surface area contributed by atoms with Crippen LogP contribution in [0.2, 0.25) is 0 Å². The monoisotopic (exact) mass is 453 g/mol. The van der Waals surface area contributed by atoms with Crippen molar-refractivity contribution < 1.29 is 13.5 Å². The maximum atomic E-state index is 12.6. The molecule has 0 bridgehead atoms. The van der Waals surface area contributed by atoms with Crippen LogP contribution >= 0.6 is 27.3 Å². The Bertz CT molecular complexity index is 575. The third-order valence-corrected chi connectivity index (χ3v) is 8.10. The summed E-state index contributed by atoms with van der Waals surface area (Å²) in [5.41, 5.74) is 0. The average Bonchev–Trinajstić information content (AvgIpc) is 3.02. The number of aliphatic hydroxyl groups is 1. The van der Waals surface area contributed by atoms with Crippen molar-refractivity contribution in [1.82, 2.24) is 4.72 Å². The third kappa shape index (κ3) is 8.52. The third-order valence-electron chi connectivity index (χ3n) is 4.49. The van der Waals surface area contributed by atoms with E-state index < -0.39 is 16.1 Å². The summed E-state index contributed by atoms with van der Waals surface area (Å²) in [6.45, 7) is 4.19. The second kappa shape index (κ2) is 12.4. The minimum Gasteiger partial charge on any atom is -0.395 e. The summed E-state index contributed by atoms with van der Waals surface area (Å²) in [6, 6.07) is 2.92. The van der Waals surface area contributed by atoms with Gasteiger partial charge in [0.05, 0.1) is 10.4 Å². The summed E-state index contributed by atoms with van der Waals surface area (Å²) in [7, 11) is -3.58. The maximum Gasteiger partial charge on any atom is 0.250 e. The molecule has 1 rings (SSSR count). The Hall–Kier alpha value is 0.0500. The molecule has 1 heterocycles. The minimum atomic E-state index is -3.58. The molecule has 0 radical (unpaired) electrons. The molecule has 1 aromatic rings. The molecular weight excluding hydrogens is 422 g/mol. The average molecular weight is 454 g/mol. The Morgan fingerprint density at radius 3 is 2.20 bits per heavy atom. The fourth-order valence-corrected chi connectivity index (χ4v) is 6.34. The number of hydrogen-bond acceptors (Lipinski definition) is 4. The Balaban J connectivity index is 2.75. The van der Waals surface area contributed by atoms with Gasteiger partial charge in [0.15, 0.2) is 0 Å². The van der Waals surface area contributed by atoms with Crippen molar-refractivity contribution in [2.75, 3.05) is 6.61 Å². The molecule has 1 aromatic heterocycles. The molecule has 0 fully saturated rings. The Labute approximate surface area is 165 Å². The molecule has 146 valence electrons. The molecule has 0 saturated carbocycles. The molecule has 0 saturated heterocycles. The van der Waals surface area contributed by atoms with Crippen molar-refractivity contribution in [1.29, 1.82) is 0 Å². The fourth-order valence-electron chi connectivity index (χ4n) is 3.02. The van der Waals surface area contributed by atoms with Gasteiger partial charge in [0.1, 0.15) is 4.21 Å². The van der Waals surface area contributed by atoms with Crippen LogP contribution in [-0.2, 0) is 10.0 Å². The first kappa shape index (κ1) is 23.1. The fraction of sp³-hybridized carbons (Fsp3) is 0.778. The SMILES string of the molecule is CCCCCC[C@@H](CCCCC)[C@H](CO)NS(=O)(=O)c1ccc(Br)s1. The molecule has 0 aliphatic carbocycles. The van der Waals surface area contributed by atoms with Gasteiger partial charge >= 0.3 is 0 Å². The van der Waals surface area contributed by atoms with Crippen LogP contribution in [0.3, 0.4) is 0 Å². The van der Waals surface area contributed by atoms with Gasteiger partial charge in [0, 0.05) is 6.04 Å². The highest BCUT2D eigenvalue weighted by atomic mass is 79.9. The second-order valence-electron chi connectivity index (χ2n) is 6.57. The standard InChI is InChI=1S/C18H32BrNO3S2/c1-3-5-7-9-11-15(10-8-6-4-2)16(14-21)20-25(22,23)18-13-12-17(19)24-18/h12-13,15-16,20-21H,3-11,14H2,1-2H3/t15-,16+/m1/s1. The lowest BCUT2D eigenvalue weighted by atomic mass is 9.89. The molecule has 0 aliphatic heterocycles. The van der Waals surface area contributed by atoms with Gasteiger partial charge in [0.2, 0.25) is 10.0 Å². The summed E-state index contributed by atoms with van der Waals surface area (Å²) in [6.07, 6.45) is 9.95. The van der Waals surface area contributed by atoms with Crippen LogP contribution in [0.5, 0.6) is 0 Å². The van der Waals surface area contributed by atoms with E-state index in [1.54, 1.807) is 12.1 Å². The molecule has 4 nitrogen and oxygen atoms in total. The van der Waals surface area contributed by atoms with Crippen LogP contribution < -0.4 is 4.72 Å². The van der Waals surface area contributed by atoms with E-state index in [0.29, 0.717) is 0 Å². The number of nitrogens with one attached hydrogen (secondary N) is 1. The minimum absolute atomic E-state index is 0.156. The quantitative estimate of drug-likeness (QED) is 0.374. The number of sulfonamides is 1. The van der Waals surface area contributed by atoms with E-state index in [4.69, 9.17) is 0 Å². The van der Waals surface area contributed by atoms with E-state index in [9.17, 15) is 13.5 Å². The molecule has 2 N–H and O–H groups in total. The number of unbranched alkanes of at least 4 members (excludes halogenated alkanes) is 5. The zero-order valence-corrected chi connectivity index (χ0v) is 18.6. The van der Waals surface area contributed by atoms with Crippen LogP contribution in [0.4, 0.5) is 0 Å². The molecule has 0 amide bonds. The lowest BCUT2D eigenvalue weighted by Gasteiger charge is -2.26. The topological polar surface area (TPSA) is 66.4 Å². The van der Waals surface area contributed by atoms with Gasteiger partial charge in [-0.1, -0.05) is 58.8 Å². The van der Waals surface area contributed by atoms with Crippen LogP contribution in [0.15, 0.2) is 20.1 Å². The Morgan fingerprint density at radius 2 is 1.68 bits per heavy atom. The van der Waals surface area contributed by atoms with Crippen LogP contribution in [0.1, 0.15) is 71.6 Å². The van der Waals surface area contributed by atoms with Crippen molar-refractivity contribution in [2.24, 2.45) is 5.92 Å². The smallest absolute Gasteiger partial charge is 0.250 e. The van der Waals surface area contributed by atoms with Crippen LogP contribution in [-0.4, -0.2) is 26.2 Å². The molecule has 0 spiro atoms. The van der Waals surface area contributed by atoms with E-state index in [2.05, 4.69) is 34.5 Å². The van der Waals surface area contributed by atoms with Crippen LogP contribution in [0.25, 0.3) is 0 Å². The van der Waals surface area contributed by atoms with E-state index in [-0.39, 0.29) is 16.7 Å². The summed E-state index contributed by atoms with van der Waals surface area (Å²) >= 11 is 4.49. The predicted octanol–water partition coefficient (Wildman–Crippen LogP) is 5.32. The Kier molecular flexibility index (Phi) is 11.5. The van der Waals surface area contributed by atoms with Gasteiger partial charge in [-0.05, 0) is 46.8 Å². The largest absolute Gasteiger partial charge is 0.395 e. The lowest BCUT2D eigenvalue weighted by molar-refractivity contribution is 0.198. The van der Waals surface area contributed by atoms with Crippen molar-refractivity contribution in [3.63, 3.8) is 0 Å².